The van der Waals surface area contributed by atoms with Gasteiger partial charge in [-0.2, -0.15) is 5.10 Å². The molecule has 2 aromatic heterocycles. The molecule has 0 atom stereocenters. The Bertz CT molecular complexity index is 1090. The molecule has 0 aliphatic rings. The topological polar surface area (TPSA) is 64.2 Å². The quantitative estimate of drug-likeness (QED) is 0.429. The Morgan fingerprint density at radius 2 is 1.68 bits per heavy atom. The van der Waals surface area contributed by atoms with Gasteiger partial charge in [-0.15, -0.1) is 0 Å². The highest BCUT2D eigenvalue weighted by molar-refractivity contribution is 6.02. The zero-order chi connectivity index (χ0) is 19.3. The molecular weight excluding hydrogens is 350 g/mol. The lowest BCUT2D eigenvalue weighted by molar-refractivity contribution is 0.0955. The van der Waals surface area contributed by atoms with Crippen molar-refractivity contribution in [3.8, 4) is 11.4 Å². The Kier molecular flexibility index (Phi) is 4.84. The molecule has 2 aromatic carbocycles. The number of benzene rings is 2. The first kappa shape index (κ1) is 17.5. The van der Waals surface area contributed by atoms with Crippen LogP contribution >= 0.6 is 0 Å². The van der Waals surface area contributed by atoms with E-state index in [0.717, 1.165) is 22.6 Å². The van der Waals surface area contributed by atoms with E-state index < -0.39 is 0 Å². The van der Waals surface area contributed by atoms with Crippen molar-refractivity contribution in [2.75, 3.05) is 0 Å². The number of hydrogen-bond donors (Lipinski definition) is 1. The van der Waals surface area contributed by atoms with Gasteiger partial charge >= 0.3 is 0 Å². The maximum absolute atomic E-state index is 12.7. The molecule has 2 heterocycles. The summed E-state index contributed by atoms with van der Waals surface area (Å²) in [5.41, 5.74) is 6.70. The van der Waals surface area contributed by atoms with E-state index >= 15 is 0 Å². The first-order chi connectivity index (χ1) is 13.7. The maximum atomic E-state index is 12.7. The van der Waals surface area contributed by atoms with Crippen LogP contribution in [0.4, 0.5) is 0 Å². The number of nitrogens with zero attached hydrogens (tertiary/aromatic N) is 4. The zero-order valence-corrected chi connectivity index (χ0v) is 15.4. The molecule has 0 saturated heterocycles. The number of hydrazone groups is 1. The fourth-order valence-corrected chi connectivity index (χ4v) is 2.93. The van der Waals surface area contributed by atoms with Crippen LogP contribution in [0, 0.1) is 0 Å². The molecule has 1 N–H and O–H groups in total. The van der Waals surface area contributed by atoms with E-state index in [1.165, 1.54) is 0 Å². The first-order valence-corrected chi connectivity index (χ1v) is 8.88. The lowest BCUT2D eigenvalue weighted by atomic mass is 10.1. The fourth-order valence-electron chi connectivity index (χ4n) is 2.93. The molecule has 6 nitrogen and oxygen atoms in total. The normalized spacial score (nSPS) is 11.4. The van der Waals surface area contributed by atoms with Gasteiger partial charge in [0.25, 0.3) is 5.91 Å². The summed E-state index contributed by atoms with van der Waals surface area (Å²) in [4.78, 5) is 16.7. The van der Waals surface area contributed by atoms with Gasteiger partial charge in [-0.1, -0.05) is 24.3 Å². The Morgan fingerprint density at radius 3 is 2.39 bits per heavy atom. The largest absolute Gasteiger partial charge is 0.323 e. The average Bonchev–Trinajstić information content (AvgIpc) is 3.46. The predicted molar refractivity (Wildman–Crippen MR) is 109 cm³/mol. The van der Waals surface area contributed by atoms with Crippen LogP contribution in [0.25, 0.3) is 11.4 Å². The van der Waals surface area contributed by atoms with Gasteiger partial charge in [0.2, 0.25) is 0 Å². The third kappa shape index (κ3) is 3.61. The maximum Gasteiger partial charge on any atom is 0.273 e. The van der Waals surface area contributed by atoms with Crippen LogP contribution in [0.15, 0.2) is 96.9 Å². The molecule has 0 bridgehead atoms. The van der Waals surface area contributed by atoms with Crippen molar-refractivity contribution in [2.45, 2.75) is 6.92 Å². The second kappa shape index (κ2) is 7.75. The van der Waals surface area contributed by atoms with E-state index in [1.807, 2.05) is 89.2 Å². The Morgan fingerprint density at radius 1 is 0.929 bits per heavy atom. The highest BCUT2D eigenvalue weighted by Crippen LogP contribution is 2.15. The molecule has 0 saturated carbocycles. The fraction of sp³-hybridized carbons (Fsp3) is 0.0455. The van der Waals surface area contributed by atoms with Gasteiger partial charge in [-0.25, -0.2) is 10.4 Å². The Labute approximate surface area is 162 Å². The summed E-state index contributed by atoms with van der Waals surface area (Å²) in [6.45, 7) is 1.87. The number of nitrogens with one attached hydrogen (secondary N) is 1. The number of carbonyl (C=O) groups excluding carboxylic acids is 1. The molecular formula is C22H19N5O. The lowest BCUT2D eigenvalue weighted by Crippen LogP contribution is -2.21. The molecule has 138 valence electrons. The summed E-state index contributed by atoms with van der Waals surface area (Å²) < 4.78 is 3.83. The van der Waals surface area contributed by atoms with Crippen molar-refractivity contribution in [3.63, 3.8) is 0 Å². The standard InChI is InChI=1S/C22H19N5O/c1-17(18-8-10-19(11-9-18)27-15-12-23-16-27)24-25-22(28)20-6-2-3-7-21(20)26-13-4-5-14-26/h2-16H,1H3,(H,25,28)/b24-17-. The molecule has 4 rings (SSSR count). The van der Waals surface area contributed by atoms with Gasteiger partial charge in [0.1, 0.15) is 0 Å². The van der Waals surface area contributed by atoms with Crippen molar-refractivity contribution in [1.82, 2.24) is 19.5 Å². The minimum atomic E-state index is -0.251. The smallest absolute Gasteiger partial charge is 0.273 e. The van der Waals surface area contributed by atoms with E-state index in [4.69, 9.17) is 0 Å². The summed E-state index contributed by atoms with van der Waals surface area (Å²) in [5.74, 6) is -0.251. The third-order valence-corrected chi connectivity index (χ3v) is 4.44. The second-order valence-electron chi connectivity index (χ2n) is 6.26. The first-order valence-electron chi connectivity index (χ1n) is 8.88. The Balaban J connectivity index is 1.51. The molecule has 1 amide bonds. The van der Waals surface area contributed by atoms with Crippen molar-refractivity contribution in [2.24, 2.45) is 5.10 Å². The monoisotopic (exact) mass is 369 g/mol. The van der Waals surface area contributed by atoms with E-state index in [9.17, 15) is 4.79 Å². The number of amides is 1. The predicted octanol–water partition coefficient (Wildman–Crippen LogP) is 3.82. The van der Waals surface area contributed by atoms with Gasteiger partial charge in [0.15, 0.2) is 0 Å². The molecule has 0 unspecified atom stereocenters. The minimum Gasteiger partial charge on any atom is -0.323 e. The van der Waals surface area contributed by atoms with E-state index in [-0.39, 0.29) is 5.91 Å². The molecule has 0 aliphatic carbocycles. The van der Waals surface area contributed by atoms with Gasteiger partial charge < -0.3 is 9.13 Å². The van der Waals surface area contributed by atoms with Crippen LogP contribution in [0.1, 0.15) is 22.8 Å². The van der Waals surface area contributed by atoms with Gasteiger partial charge in [-0.05, 0) is 48.9 Å². The number of aromatic nitrogens is 3. The minimum absolute atomic E-state index is 0.251. The number of carbonyl (C=O) groups is 1. The van der Waals surface area contributed by atoms with E-state index in [2.05, 4.69) is 15.5 Å². The molecule has 4 aromatic rings. The number of rotatable bonds is 5. The summed E-state index contributed by atoms with van der Waals surface area (Å²) in [6.07, 6.45) is 9.18. The summed E-state index contributed by atoms with van der Waals surface area (Å²) in [6, 6.07) is 19.2. The van der Waals surface area contributed by atoms with Crippen LogP contribution in [0.3, 0.4) is 0 Å². The molecule has 6 heteroatoms. The number of para-hydroxylation sites is 1. The lowest BCUT2D eigenvalue weighted by Gasteiger charge is -2.10. The number of imidazole rings is 1. The van der Waals surface area contributed by atoms with Crippen molar-refractivity contribution >= 4 is 11.6 Å². The molecule has 28 heavy (non-hydrogen) atoms. The number of hydrogen-bond acceptors (Lipinski definition) is 3. The van der Waals surface area contributed by atoms with Crippen LogP contribution in [0.2, 0.25) is 0 Å². The highest BCUT2D eigenvalue weighted by Gasteiger charge is 2.11. The molecule has 0 radical (unpaired) electrons. The molecule has 0 spiro atoms. The van der Waals surface area contributed by atoms with Crippen LogP contribution in [-0.4, -0.2) is 25.7 Å². The van der Waals surface area contributed by atoms with Crippen molar-refractivity contribution in [3.05, 3.63) is 103 Å². The van der Waals surface area contributed by atoms with Crippen LogP contribution < -0.4 is 5.43 Å². The second-order valence-corrected chi connectivity index (χ2v) is 6.26. The van der Waals surface area contributed by atoms with Gasteiger partial charge in [-0.3, -0.25) is 4.79 Å². The van der Waals surface area contributed by atoms with Gasteiger partial charge in [0.05, 0.1) is 23.3 Å². The Hall–Kier alpha value is -3.93. The average molecular weight is 369 g/mol. The van der Waals surface area contributed by atoms with Crippen LogP contribution in [0.5, 0.6) is 0 Å². The zero-order valence-electron chi connectivity index (χ0n) is 15.4. The molecule has 0 fully saturated rings. The van der Waals surface area contributed by atoms with E-state index in [0.29, 0.717) is 5.56 Å². The van der Waals surface area contributed by atoms with E-state index in [1.54, 1.807) is 18.6 Å². The van der Waals surface area contributed by atoms with Gasteiger partial charge in [0, 0.05) is 30.5 Å². The van der Waals surface area contributed by atoms with Crippen molar-refractivity contribution in [1.29, 1.82) is 0 Å². The third-order valence-electron chi connectivity index (χ3n) is 4.44. The summed E-state index contributed by atoms with van der Waals surface area (Å²) in [5, 5.41) is 4.27. The van der Waals surface area contributed by atoms with Crippen molar-refractivity contribution < 1.29 is 4.79 Å². The SMILES string of the molecule is C/C(=N/NC(=O)c1ccccc1-n1cccc1)c1ccc(-n2ccnc2)cc1. The summed E-state index contributed by atoms with van der Waals surface area (Å²) >= 11 is 0. The molecule has 0 aliphatic heterocycles. The van der Waals surface area contributed by atoms with Crippen LogP contribution in [-0.2, 0) is 0 Å². The highest BCUT2D eigenvalue weighted by atomic mass is 16.2. The summed E-state index contributed by atoms with van der Waals surface area (Å²) in [7, 11) is 0.